The Morgan fingerprint density at radius 1 is 1.15 bits per heavy atom. The molecule has 0 aromatic heterocycles. The molecule has 0 saturated heterocycles. The molecular formula is C15H22N2O3. The van der Waals surface area contributed by atoms with Gasteiger partial charge in [0.05, 0.1) is 4.92 Å². The van der Waals surface area contributed by atoms with Gasteiger partial charge >= 0.3 is 0 Å². The molecule has 0 aliphatic heterocycles. The molecule has 0 spiro atoms. The lowest BCUT2D eigenvalue weighted by molar-refractivity contribution is -0.384. The first-order chi connectivity index (χ1) is 9.32. The summed E-state index contributed by atoms with van der Waals surface area (Å²) in [4.78, 5) is 22.1. The first-order valence-electron chi connectivity index (χ1n) is 6.85. The van der Waals surface area contributed by atoms with E-state index in [1.807, 2.05) is 0 Å². The van der Waals surface area contributed by atoms with Crippen LogP contribution < -0.4 is 5.32 Å². The van der Waals surface area contributed by atoms with Crippen molar-refractivity contribution in [2.24, 2.45) is 17.8 Å². The molecule has 20 heavy (non-hydrogen) atoms. The standard InChI is InChI=1S/C15H22N2O3/c1-10(2)14(11(3)4)9-16-15(18)12-5-7-13(8-6-12)17(19)20/h5-8,10-11,14H,9H2,1-4H3,(H,16,18). The Bertz CT molecular complexity index is 459. The van der Waals surface area contributed by atoms with Crippen LogP contribution in [-0.4, -0.2) is 17.4 Å². The maximum atomic E-state index is 12.0. The SMILES string of the molecule is CC(C)C(CNC(=O)c1ccc([N+](=O)[O-])cc1)C(C)C. The quantitative estimate of drug-likeness (QED) is 0.641. The van der Waals surface area contributed by atoms with Crippen LogP contribution in [0.3, 0.4) is 0 Å². The summed E-state index contributed by atoms with van der Waals surface area (Å²) >= 11 is 0. The molecular weight excluding hydrogens is 256 g/mol. The fourth-order valence-corrected chi connectivity index (χ4v) is 2.29. The summed E-state index contributed by atoms with van der Waals surface area (Å²) in [5.41, 5.74) is 0.436. The van der Waals surface area contributed by atoms with Crippen molar-refractivity contribution in [3.05, 3.63) is 39.9 Å². The van der Waals surface area contributed by atoms with Crippen molar-refractivity contribution in [3.63, 3.8) is 0 Å². The molecule has 1 rings (SSSR count). The number of nitro benzene ring substituents is 1. The number of hydrogen-bond donors (Lipinski definition) is 1. The van der Waals surface area contributed by atoms with Crippen LogP contribution in [0.15, 0.2) is 24.3 Å². The van der Waals surface area contributed by atoms with E-state index in [0.29, 0.717) is 29.9 Å². The number of carbonyl (C=O) groups excluding carboxylic acids is 1. The summed E-state index contributed by atoms with van der Waals surface area (Å²) in [7, 11) is 0. The highest BCUT2D eigenvalue weighted by atomic mass is 16.6. The zero-order valence-electron chi connectivity index (χ0n) is 12.4. The Balaban J connectivity index is 2.64. The third kappa shape index (κ3) is 4.33. The fraction of sp³-hybridized carbons (Fsp3) is 0.533. The summed E-state index contributed by atoms with van der Waals surface area (Å²) in [6.07, 6.45) is 0. The van der Waals surface area contributed by atoms with Crippen LogP contribution in [0.2, 0.25) is 0 Å². The topological polar surface area (TPSA) is 72.2 Å². The second-order valence-corrected chi connectivity index (χ2v) is 5.67. The van der Waals surface area contributed by atoms with E-state index in [2.05, 4.69) is 33.0 Å². The van der Waals surface area contributed by atoms with Gasteiger partial charge in [0.25, 0.3) is 11.6 Å². The van der Waals surface area contributed by atoms with Gasteiger partial charge in [0, 0.05) is 24.2 Å². The third-order valence-corrected chi connectivity index (χ3v) is 3.55. The van der Waals surface area contributed by atoms with E-state index in [-0.39, 0.29) is 11.6 Å². The van der Waals surface area contributed by atoms with E-state index in [4.69, 9.17) is 0 Å². The van der Waals surface area contributed by atoms with Crippen LogP contribution in [0.5, 0.6) is 0 Å². The highest BCUT2D eigenvalue weighted by molar-refractivity contribution is 5.94. The van der Waals surface area contributed by atoms with Gasteiger partial charge in [0.2, 0.25) is 0 Å². The molecule has 0 aliphatic carbocycles. The van der Waals surface area contributed by atoms with Gasteiger partial charge in [0.15, 0.2) is 0 Å². The molecule has 110 valence electrons. The van der Waals surface area contributed by atoms with Crippen molar-refractivity contribution in [2.45, 2.75) is 27.7 Å². The first-order valence-corrected chi connectivity index (χ1v) is 6.85. The number of nitrogens with zero attached hydrogens (tertiary/aromatic N) is 1. The number of amides is 1. The monoisotopic (exact) mass is 278 g/mol. The van der Waals surface area contributed by atoms with Gasteiger partial charge in [-0.05, 0) is 29.9 Å². The van der Waals surface area contributed by atoms with Gasteiger partial charge < -0.3 is 5.32 Å². The summed E-state index contributed by atoms with van der Waals surface area (Å²) in [6.45, 7) is 9.18. The smallest absolute Gasteiger partial charge is 0.269 e. The van der Waals surface area contributed by atoms with Gasteiger partial charge in [-0.25, -0.2) is 0 Å². The minimum atomic E-state index is -0.477. The van der Waals surface area contributed by atoms with Crippen LogP contribution in [-0.2, 0) is 0 Å². The normalized spacial score (nSPS) is 11.2. The number of nitrogens with one attached hydrogen (secondary N) is 1. The zero-order chi connectivity index (χ0) is 15.3. The highest BCUT2D eigenvalue weighted by Gasteiger charge is 2.18. The molecule has 0 atom stereocenters. The maximum absolute atomic E-state index is 12.0. The van der Waals surface area contributed by atoms with Crippen LogP contribution in [0.1, 0.15) is 38.1 Å². The molecule has 0 bridgehead atoms. The molecule has 1 aromatic carbocycles. The molecule has 5 nitrogen and oxygen atoms in total. The summed E-state index contributed by atoms with van der Waals surface area (Å²) in [6, 6.07) is 5.65. The Morgan fingerprint density at radius 3 is 2.05 bits per heavy atom. The molecule has 1 amide bonds. The molecule has 0 fully saturated rings. The molecule has 0 aliphatic rings. The number of nitro groups is 1. The predicted octanol–water partition coefficient (Wildman–Crippen LogP) is 3.25. The molecule has 1 aromatic rings. The van der Waals surface area contributed by atoms with Crippen LogP contribution in [0.4, 0.5) is 5.69 Å². The van der Waals surface area contributed by atoms with Gasteiger partial charge in [-0.15, -0.1) is 0 Å². The van der Waals surface area contributed by atoms with E-state index in [9.17, 15) is 14.9 Å². The van der Waals surface area contributed by atoms with Crippen molar-refractivity contribution < 1.29 is 9.72 Å². The van der Waals surface area contributed by atoms with Crippen molar-refractivity contribution in [2.75, 3.05) is 6.54 Å². The van der Waals surface area contributed by atoms with Gasteiger partial charge in [-0.1, -0.05) is 27.7 Å². The average Bonchev–Trinajstić information content (AvgIpc) is 2.38. The lowest BCUT2D eigenvalue weighted by Gasteiger charge is -2.25. The van der Waals surface area contributed by atoms with Crippen molar-refractivity contribution in [3.8, 4) is 0 Å². The second kappa shape index (κ2) is 7.03. The van der Waals surface area contributed by atoms with Crippen LogP contribution in [0, 0.1) is 27.9 Å². The largest absolute Gasteiger partial charge is 0.352 e. The Morgan fingerprint density at radius 2 is 1.65 bits per heavy atom. The highest BCUT2D eigenvalue weighted by Crippen LogP contribution is 2.19. The molecule has 1 N–H and O–H groups in total. The van der Waals surface area contributed by atoms with Crippen LogP contribution in [0.25, 0.3) is 0 Å². The van der Waals surface area contributed by atoms with E-state index >= 15 is 0 Å². The number of benzene rings is 1. The molecule has 0 saturated carbocycles. The molecule has 0 radical (unpaired) electrons. The van der Waals surface area contributed by atoms with Gasteiger partial charge in [-0.2, -0.15) is 0 Å². The lowest BCUT2D eigenvalue weighted by Crippen LogP contribution is -2.33. The Hall–Kier alpha value is -1.91. The maximum Gasteiger partial charge on any atom is 0.269 e. The first kappa shape index (κ1) is 16.1. The molecule has 0 heterocycles. The summed E-state index contributed by atoms with van der Waals surface area (Å²) in [5.74, 6) is 1.21. The fourth-order valence-electron chi connectivity index (χ4n) is 2.29. The second-order valence-electron chi connectivity index (χ2n) is 5.67. The summed E-state index contributed by atoms with van der Waals surface area (Å²) in [5, 5.41) is 13.5. The van der Waals surface area contributed by atoms with Crippen molar-refractivity contribution >= 4 is 11.6 Å². The molecule has 0 unspecified atom stereocenters. The molecule has 5 heteroatoms. The average molecular weight is 278 g/mol. The number of rotatable bonds is 6. The predicted molar refractivity (Wildman–Crippen MR) is 78.6 cm³/mol. The van der Waals surface area contributed by atoms with Crippen molar-refractivity contribution in [1.82, 2.24) is 5.32 Å². The van der Waals surface area contributed by atoms with E-state index < -0.39 is 4.92 Å². The Labute approximate surface area is 119 Å². The Kier molecular flexibility index (Phi) is 5.67. The minimum absolute atomic E-state index is 0.0104. The number of carbonyl (C=O) groups is 1. The van der Waals surface area contributed by atoms with E-state index in [1.165, 1.54) is 24.3 Å². The summed E-state index contributed by atoms with van der Waals surface area (Å²) < 4.78 is 0. The van der Waals surface area contributed by atoms with E-state index in [0.717, 1.165) is 0 Å². The van der Waals surface area contributed by atoms with Gasteiger partial charge in [-0.3, -0.25) is 14.9 Å². The minimum Gasteiger partial charge on any atom is -0.352 e. The third-order valence-electron chi connectivity index (χ3n) is 3.55. The van der Waals surface area contributed by atoms with E-state index in [1.54, 1.807) is 0 Å². The van der Waals surface area contributed by atoms with Gasteiger partial charge in [0.1, 0.15) is 0 Å². The number of non-ortho nitro benzene ring substituents is 1. The van der Waals surface area contributed by atoms with Crippen molar-refractivity contribution in [1.29, 1.82) is 0 Å². The number of hydrogen-bond acceptors (Lipinski definition) is 3. The van der Waals surface area contributed by atoms with Crippen LogP contribution >= 0.6 is 0 Å². The lowest BCUT2D eigenvalue weighted by atomic mass is 9.85. The zero-order valence-corrected chi connectivity index (χ0v) is 12.4.